The number of benzene rings is 1. The summed E-state index contributed by atoms with van der Waals surface area (Å²) in [4.78, 5) is 2.82. The number of hydrogen-bond donors (Lipinski definition) is 2. The highest BCUT2D eigenvalue weighted by Gasteiger charge is 2.25. The minimum atomic E-state index is -0.202. The van der Waals surface area contributed by atoms with Crippen LogP contribution in [0.2, 0.25) is 0 Å². The molecular weight excluding hydrogens is 244 g/mol. The number of nitrogens with two attached hydrogens (primary N) is 1. The number of aliphatic hydroxyl groups is 1. The van der Waals surface area contributed by atoms with Crippen LogP contribution in [0.25, 0.3) is 0 Å². The van der Waals surface area contributed by atoms with Gasteiger partial charge in [-0.2, -0.15) is 0 Å². The Morgan fingerprint density at radius 3 is 2.67 bits per heavy atom. The van der Waals surface area contributed by atoms with Crippen molar-refractivity contribution in [3.63, 3.8) is 0 Å². The van der Waals surface area contributed by atoms with E-state index in [9.17, 15) is 5.11 Å². The topological polar surface area (TPSA) is 49.5 Å². The molecule has 0 aromatic heterocycles. The van der Waals surface area contributed by atoms with Crippen molar-refractivity contribution in [3.8, 4) is 0 Å². The van der Waals surface area contributed by atoms with E-state index in [0.717, 1.165) is 31.6 Å². The van der Waals surface area contributed by atoms with Crippen LogP contribution in [0.1, 0.15) is 24.5 Å². The van der Waals surface area contributed by atoms with E-state index in [-0.39, 0.29) is 6.10 Å². The maximum absolute atomic E-state index is 9.58. The lowest BCUT2D eigenvalue weighted by Gasteiger charge is -2.17. The quantitative estimate of drug-likeness (QED) is 0.810. The van der Waals surface area contributed by atoms with Crippen LogP contribution in [0, 0.1) is 5.92 Å². The van der Waals surface area contributed by atoms with Gasteiger partial charge in [-0.15, -0.1) is 0 Å². The fraction of sp³-hybridized carbons (Fsp3) is 0.500. The molecular formula is C14H20N2OS. The van der Waals surface area contributed by atoms with Gasteiger partial charge in [0.1, 0.15) is 4.99 Å². The number of rotatable bonds is 4. The highest BCUT2D eigenvalue weighted by molar-refractivity contribution is 7.80. The highest BCUT2D eigenvalue weighted by Crippen LogP contribution is 2.21. The second kappa shape index (κ2) is 5.78. The summed E-state index contributed by atoms with van der Waals surface area (Å²) in [5.41, 5.74) is 7.75. The number of nitrogens with zero attached hydrogens (tertiary/aromatic N) is 1. The van der Waals surface area contributed by atoms with E-state index in [4.69, 9.17) is 18.0 Å². The van der Waals surface area contributed by atoms with Gasteiger partial charge in [0.25, 0.3) is 0 Å². The molecule has 3 N–H and O–H groups in total. The lowest BCUT2D eigenvalue weighted by molar-refractivity contribution is 0.127. The van der Waals surface area contributed by atoms with E-state index in [1.165, 1.54) is 5.56 Å². The molecule has 4 heteroatoms. The normalized spacial score (nSPS) is 22.0. The third kappa shape index (κ3) is 3.28. The molecule has 0 spiro atoms. The summed E-state index contributed by atoms with van der Waals surface area (Å²) >= 11 is 4.93. The first-order valence-corrected chi connectivity index (χ1v) is 6.76. The molecule has 0 amide bonds. The van der Waals surface area contributed by atoms with Crippen molar-refractivity contribution in [3.05, 3.63) is 35.4 Å². The summed E-state index contributed by atoms with van der Waals surface area (Å²) in [5.74, 6) is 0.417. The zero-order chi connectivity index (χ0) is 13.1. The van der Waals surface area contributed by atoms with Crippen LogP contribution in [0.3, 0.4) is 0 Å². The van der Waals surface area contributed by atoms with Crippen LogP contribution in [0.15, 0.2) is 24.3 Å². The summed E-state index contributed by atoms with van der Waals surface area (Å²) in [5, 5.41) is 9.58. The van der Waals surface area contributed by atoms with Crippen LogP contribution in [-0.4, -0.2) is 34.2 Å². The van der Waals surface area contributed by atoms with E-state index < -0.39 is 0 Å². The van der Waals surface area contributed by atoms with Crippen molar-refractivity contribution in [1.29, 1.82) is 0 Å². The fourth-order valence-corrected chi connectivity index (χ4v) is 2.57. The van der Waals surface area contributed by atoms with Gasteiger partial charge >= 0.3 is 0 Å². The van der Waals surface area contributed by atoms with E-state index in [2.05, 4.69) is 17.0 Å². The minimum absolute atomic E-state index is 0.202. The van der Waals surface area contributed by atoms with Crippen molar-refractivity contribution in [1.82, 2.24) is 4.90 Å². The summed E-state index contributed by atoms with van der Waals surface area (Å²) in [6, 6.07) is 8.09. The molecule has 1 aliphatic rings. The molecule has 1 heterocycles. The Hall–Kier alpha value is -0.970. The molecule has 3 nitrogen and oxygen atoms in total. The van der Waals surface area contributed by atoms with Crippen molar-refractivity contribution >= 4 is 17.2 Å². The molecule has 0 saturated carbocycles. The van der Waals surface area contributed by atoms with Crippen molar-refractivity contribution in [2.75, 3.05) is 13.1 Å². The van der Waals surface area contributed by atoms with E-state index in [1.807, 2.05) is 19.1 Å². The lowest BCUT2D eigenvalue weighted by atomic mass is 10.0. The molecule has 1 aromatic carbocycles. The van der Waals surface area contributed by atoms with Gasteiger partial charge in [-0.25, -0.2) is 0 Å². The number of likely N-dealkylation sites (tertiary alicyclic amines) is 1. The fourth-order valence-electron chi connectivity index (χ4n) is 2.43. The Bertz CT molecular complexity index is 416. The monoisotopic (exact) mass is 264 g/mol. The van der Waals surface area contributed by atoms with Crippen molar-refractivity contribution in [2.24, 2.45) is 11.7 Å². The summed E-state index contributed by atoms with van der Waals surface area (Å²) in [6.07, 6.45) is 0.884. The first kappa shape index (κ1) is 13.5. The molecule has 1 fully saturated rings. The number of thiocarbonyl (C=S) groups is 1. The van der Waals surface area contributed by atoms with Gasteiger partial charge in [0.15, 0.2) is 0 Å². The Morgan fingerprint density at radius 1 is 1.50 bits per heavy atom. The van der Waals surface area contributed by atoms with Crippen LogP contribution < -0.4 is 5.73 Å². The van der Waals surface area contributed by atoms with Gasteiger partial charge in [-0.3, -0.25) is 4.90 Å². The molecule has 2 atom stereocenters. The minimum Gasteiger partial charge on any atom is -0.393 e. The summed E-state index contributed by atoms with van der Waals surface area (Å²) in [7, 11) is 0. The maximum atomic E-state index is 9.58. The molecule has 2 unspecified atom stereocenters. The Kier molecular flexibility index (Phi) is 4.32. The second-order valence-electron chi connectivity index (χ2n) is 5.09. The summed E-state index contributed by atoms with van der Waals surface area (Å²) in [6.45, 7) is 4.85. The molecule has 2 rings (SSSR count). The van der Waals surface area contributed by atoms with Gasteiger partial charge in [-0.05, 0) is 31.4 Å². The van der Waals surface area contributed by atoms with Crippen LogP contribution >= 0.6 is 12.2 Å². The maximum Gasteiger partial charge on any atom is 0.103 e. The molecule has 18 heavy (non-hydrogen) atoms. The molecule has 0 aliphatic carbocycles. The van der Waals surface area contributed by atoms with Crippen molar-refractivity contribution < 1.29 is 5.11 Å². The zero-order valence-electron chi connectivity index (χ0n) is 10.7. The average molecular weight is 264 g/mol. The predicted molar refractivity (Wildman–Crippen MR) is 77.4 cm³/mol. The first-order chi connectivity index (χ1) is 8.56. The SMILES string of the molecule is CC(O)C1CCN(Cc2ccc(C(N)=S)cc2)C1. The third-order valence-electron chi connectivity index (χ3n) is 3.64. The average Bonchev–Trinajstić information content (AvgIpc) is 2.78. The molecule has 0 radical (unpaired) electrons. The van der Waals surface area contributed by atoms with Gasteiger partial charge in [0.2, 0.25) is 0 Å². The van der Waals surface area contributed by atoms with Crippen molar-refractivity contribution in [2.45, 2.75) is 26.0 Å². The lowest BCUT2D eigenvalue weighted by Crippen LogP contribution is -2.24. The molecule has 1 aliphatic heterocycles. The van der Waals surface area contributed by atoms with Gasteiger partial charge in [0, 0.05) is 18.7 Å². The number of hydrogen-bond acceptors (Lipinski definition) is 3. The van der Waals surface area contributed by atoms with Crippen LogP contribution in [-0.2, 0) is 6.54 Å². The van der Waals surface area contributed by atoms with Crippen LogP contribution in [0.5, 0.6) is 0 Å². The largest absolute Gasteiger partial charge is 0.393 e. The first-order valence-electron chi connectivity index (χ1n) is 6.35. The molecule has 0 bridgehead atoms. The third-order valence-corrected chi connectivity index (χ3v) is 3.87. The predicted octanol–water partition coefficient (Wildman–Crippen LogP) is 1.52. The van der Waals surface area contributed by atoms with Gasteiger partial charge in [-0.1, -0.05) is 36.5 Å². The van der Waals surface area contributed by atoms with Gasteiger partial charge < -0.3 is 10.8 Å². The molecule has 98 valence electrons. The second-order valence-corrected chi connectivity index (χ2v) is 5.53. The highest BCUT2D eigenvalue weighted by atomic mass is 32.1. The Labute approximate surface area is 114 Å². The van der Waals surface area contributed by atoms with Gasteiger partial charge in [0.05, 0.1) is 6.10 Å². The Morgan fingerprint density at radius 2 is 2.17 bits per heavy atom. The van der Waals surface area contributed by atoms with E-state index in [1.54, 1.807) is 0 Å². The molecule has 1 saturated heterocycles. The Balaban J connectivity index is 1.92. The molecule has 1 aromatic rings. The number of aliphatic hydroxyl groups excluding tert-OH is 1. The van der Waals surface area contributed by atoms with E-state index in [0.29, 0.717) is 10.9 Å². The van der Waals surface area contributed by atoms with Crippen LogP contribution in [0.4, 0.5) is 0 Å². The zero-order valence-corrected chi connectivity index (χ0v) is 11.5. The summed E-state index contributed by atoms with van der Waals surface area (Å²) < 4.78 is 0. The standard InChI is InChI=1S/C14H20N2OS/c1-10(17)13-6-7-16(9-13)8-11-2-4-12(5-3-11)14(15)18/h2-5,10,13,17H,6-9H2,1H3,(H2,15,18). The van der Waals surface area contributed by atoms with E-state index >= 15 is 0 Å². The smallest absolute Gasteiger partial charge is 0.103 e.